The number of aryl methyl sites for hydroxylation is 1. The SMILES string of the molecule is Cn1nc(-c2ccc(Cl)cc2)c2c3c(cnc21)C(=O)N(c1cccc(C(F)(F)F)c1)C3=O. The number of halogens is 4. The number of fused-ring (bicyclic) bond motifs is 3. The average Bonchev–Trinajstić information content (AvgIpc) is 3.22. The van der Waals surface area contributed by atoms with Crippen LogP contribution in [0.5, 0.6) is 0 Å². The van der Waals surface area contributed by atoms with Crippen LogP contribution in [-0.4, -0.2) is 26.6 Å². The Kier molecular flexibility index (Phi) is 4.35. The fraction of sp³-hybridized carbons (Fsp3) is 0.0909. The van der Waals surface area contributed by atoms with Gasteiger partial charge < -0.3 is 0 Å². The van der Waals surface area contributed by atoms with Gasteiger partial charge in [-0.25, -0.2) is 14.6 Å². The first-order chi connectivity index (χ1) is 15.2. The number of imide groups is 1. The van der Waals surface area contributed by atoms with E-state index < -0.39 is 23.6 Å². The number of carbonyl (C=O) groups excluding carboxylic acids is 2. The molecule has 2 amide bonds. The average molecular weight is 457 g/mol. The minimum Gasteiger partial charge on any atom is -0.268 e. The van der Waals surface area contributed by atoms with Gasteiger partial charge in [0.05, 0.1) is 27.8 Å². The summed E-state index contributed by atoms with van der Waals surface area (Å²) in [5.41, 5.74) is 0.344. The highest BCUT2D eigenvalue weighted by Crippen LogP contribution is 2.38. The van der Waals surface area contributed by atoms with Crippen LogP contribution in [0.3, 0.4) is 0 Å². The number of hydrogen-bond donors (Lipinski definition) is 0. The molecule has 32 heavy (non-hydrogen) atoms. The largest absolute Gasteiger partial charge is 0.416 e. The molecule has 0 spiro atoms. The van der Waals surface area contributed by atoms with Crippen LogP contribution in [0, 0.1) is 0 Å². The van der Waals surface area contributed by atoms with Gasteiger partial charge in [0.25, 0.3) is 11.8 Å². The number of pyridine rings is 1. The molecule has 4 aromatic rings. The summed E-state index contributed by atoms with van der Waals surface area (Å²) in [7, 11) is 1.65. The summed E-state index contributed by atoms with van der Waals surface area (Å²) in [4.78, 5) is 31.4. The first kappa shape index (κ1) is 20.2. The van der Waals surface area contributed by atoms with Gasteiger partial charge >= 0.3 is 6.18 Å². The first-order valence-corrected chi connectivity index (χ1v) is 9.72. The van der Waals surface area contributed by atoms with Crippen LogP contribution in [0.4, 0.5) is 18.9 Å². The Bertz CT molecular complexity index is 1430. The molecule has 6 nitrogen and oxygen atoms in total. The fourth-order valence-corrected chi connectivity index (χ4v) is 3.92. The number of hydrogen-bond acceptors (Lipinski definition) is 4. The maximum atomic E-state index is 13.4. The summed E-state index contributed by atoms with van der Waals surface area (Å²) in [5.74, 6) is -1.48. The summed E-state index contributed by atoms with van der Waals surface area (Å²) in [6.07, 6.45) is -3.37. The Morgan fingerprint density at radius 3 is 2.41 bits per heavy atom. The van der Waals surface area contributed by atoms with E-state index in [1.54, 1.807) is 31.3 Å². The van der Waals surface area contributed by atoms with Crippen molar-refractivity contribution in [1.82, 2.24) is 14.8 Å². The van der Waals surface area contributed by atoms with Gasteiger partial charge in [0, 0.05) is 23.8 Å². The number of rotatable bonds is 2. The molecule has 0 N–H and O–H groups in total. The van der Waals surface area contributed by atoms with Crippen molar-refractivity contribution < 1.29 is 22.8 Å². The van der Waals surface area contributed by atoms with Crippen LogP contribution in [0.25, 0.3) is 22.3 Å². The number of carbonyl (C=O) groups is 2. The smallest absolute Gasteiger partial charge is 0.268 e. The van der Waals surface area contributed by atoms with Gasteiger partial charge in [-0.15, -0.1) is 0 Å². The molecule has 2 aromatic carbocycles. The molecule has 10 heteroatoms. The van der Waals surface area contributed by atoms with E-state index in [9.17, 15) is 22.8 Å². The minimum absolute atomic E-state index is 0.00289. The Labute approximate surface area is 183 Å². The molecule has 160 valence electrons. The maximum Gasteiger partial charge on any atom is 0.416 e. The highest BCUT2D eigenvalue weighted by Gasteiger charge is 2.41. The second-order valence-electron chi connectivity index (χ2n) is 7.22. The molecule has 0 saturated carbocycles. The zero-order valence-electron chi connectivity index (χ0n) is 16.3. The monoisotopic (exact) mass is 456 g/mol. The van der Waals surface area contributed by atoms with E-state index in [-0.39, 0.29) is 16.8 Å². The predicted molar refractivity (Wildman–Crippen MR) is 112 cm³/mol. The number of amides is 2. The van der Waals surface area contributed by atoms with E-state index in [0.717, 1.165) is 23.1 Å². The van der Waals surface area contributed by atoms with Crippen molar-refractivity contribution in [3.8, 4) is 11.3 Å². The quantitative estimate of drug-likeness (QED) is 0.393. The third kappa shape index (κ3) is 2.96. The van der Waals surface area contributed by atoms with Gasteiger partial charge in [-0.1, -0.05) is 29.8 Å². The lowest BCUT2D eigenvalue weighted by atomic mass is 10.0. The Hall–Kier alpha value is -3.72. The normalized spacial score (nSPS) is 13.8. The van der Waals surface area contributed by atoms with Crippen LogP contribution in [0.15, 0.2) is 54.7 Å². The highest BCUT2D eigenvalue weighted by atomic mass is 35.5. The lowest BCUT2D eigenvalue weighted by Crippen LogP contribution is -2.29. The molecule has 0 radical (unpaired) electrons. The topological polar surface area (TPSA) is 68.1 Å². The van der Waals surface area contributed by atoms with E-state index in [1.165, 1.54) is 16.9 Å². The molecule has 0 unspecified atom stereocenters. The number of benzene rings is 2. The molecular formula is C22H12ClF3N4O2. The zero-order valence-corrected chi connectivity index (χ0v) is 17.1. The first-order valence-electron chi connectivity index (χ1n) is 9.34. The molecule has 0 atom stereocenters. The molecule has 2 aromatic heterocycles. The summed E-state index contributed by atoms with van der Waals surface area (Å²) < 4.78 is 41.0. The van der Waals surface area contributed by atoms with E-state index >= 15 is 0 Å². The van der Waals surface area contributed by atoms with Gasteiger partial charge in [-0.05, 0) is 30.3 Å². The molecule has 0 bridgehead atoms. The van der Waals surface area contributed by atoms with E-state index in [0.29, 0.717) is 27.3 Å². The predicted octanol–water partition coefficient (Wildman–Crippen LogP) is 5.11. The van der Waals surface area contributed by atoms with E-state index in [1.807, 2.05) is 0 Å². The van der Waals surface area contributed by atoms with Crippen LogP contribution >= 0.6 is 11.6 Å². The highest BCUT2D eigenvalue weighted by molar-refractivity contribution is 6.38. The van der Waals surface area contributed by atoms with E-state index in [2.05, 4.69) is 10.1 Å². The molecule has 1 aliphatic heterocycles. The lowest BCUT2D eigenvalue weighted by Gasteiger charge is -2.16. The van der Waals surface area contributed by atoms with Gasteiger partial charge in [0.1, 0.15) is 5.69 Å². The van der Waals surface area contributed by atoms with Gasteiger partial charge in [-0.3, -0.25) is 9.59 Å². The number of anilines is 1. The van der Waals surface area contributed by atoms with Crippen LogP contribution < -0.4 is 4.90 Å². The Morgan fingerprint density at radius 1 is 1.00 bits per heavy atom. The van der Waals surface area contributed by atoms with Gasteiger partial charge in [-0.2, -0.15) is 18.3 Å². The summed E-state index contributed by atoms with van der Waals surface area (Å²) >= 11 is 5.97. The van der Waals surface area contributed by atoms with Crippen molar-refractivity contribution in [2.75, 3.05) is 4.90 Å². The molecule has 5 rings (SSSR count). The Balaban J connectivity index is 1.71. The van der Waals surface area contributed by atoms with Crippen LogP contribution in [-0.2, 0) is 13.2 Å². The number of nitrogens with zero attached hydrogens (tertiary/aromatic N) is 4. The lowest BCUT2D eigenvalue weighted by molar-refractivity contribution is -0.137. The van der Waals surface area contributed by atoms with Crippen molar-refractivity contribution in [2.45, 2.75) is 6.18 Å². The molecule has 0 aliphatic carbocycles. The second kappa shape index (κ2) is 6.89. The maximum absolute atomic E-state index is 13.4. The van der Waals surface area contributed by atoms with Gasteiger partial charge in [0.2, 0.25) is 0 Å². The third-order valence-corrected chi connectivity index (χ3v) is 5.50. The van der Waals surface area contributed by atoms with Gasteiger partial charge in [0.15, 0.2) is 5.65 Å². The second-order valence-corrected chi connectivity index (χ2v) is 7.65. The molecule has 1 aliphatic rings. The summed E-state index contributed by atoms with van der Waals surface area (Å²) in [6.45, 7) is 0. The van der Waals surface area contributed by atoms with Crippen molar-refractivity contribution >= 4 is 40.1 Å². The van der Waals surface area contributed by atoms with Crippen LogP contribution in [0.1, 0.15) is 26.3 Å². The number of alkyl halides is 3. The summed E-state index contributed by atoms with van der Waals surface area (Å²) in [6, 6.07) is 10.8. The van der Waals surface area contributed by atoms with Crippen molar-refractivity contribution in [3.05, 3.63) is 76.4 Å². The molecular weight excluding hydrogens is 445 g/mol. The molecule has 3 heterocycles. The third-order valence-electron chi connectivity index (χ3n) is 5.25. The standard InChI is InChI=1S/C22H12ClF3N4O2/c1-29-19-17(18(28-29)11-5-7-13(23)8-6-11)16-15(10-27-19)20(31)30(21(16)32)14-4-2-3-12(9-14)22(24,25)26/h2-10H,1H3. The Morgan fingerprint density at radius 2 is 1.72 bits per heavy atom. The molecule has 0 saturated heterocycles. The number of aromatic nitrogens is 3. The van der Waals surface area contributed by atoms with E-state index in [4.69, 9.17) is 11.6 Å². The van der Waals surface area contributed by atoms with Crippen molar-refractivity contribution in [3.63, 3.8) is 0 Å². The summed E-state index contributed by atoms with van der Waals surface area (Å²) in [5, 5.41) is 5.31. The van der Waals surface area contributed by atoms with Crippen molar-refractivity contribution in [1.29, 1.82) is 0 Å². The minimum atomic E-state index is -4.62. The zero-order chi connectivity index (χ0) is 22.8. The van der Waals surface area contributed by atoms with Crippen LogP contribution in [0.2, 0.25) is 5.02 Å². The molecule has 0 fully saturated rings. The van der Waals surface area contributed by atoms with Crippen molar-refractivity contribution in [2.24, 2.45) is 7.05 Å². The fourth-order valence-electron chi connectivity index (χ4n) is 3.79.